The molecule has 0 aliphatic heterocycles. The smallest absolute Gasteiger partial charge is 0.126 e. The van der Waals surface area contributed by atoms with Crippen molar-refractivity contribution in [2.45, 2.75) is 13.8 Å². The highest BCUT2D eigenvalue weighted by atomic mass is 19.1. The fourth-order valence-electron chi connectivity index (χ4n) is 1.60. The third-order valence-corrected chi connectivity index (χ3v) is 2.52. The summed E-state index contributed by atoms with van der Waals surface area (Å²) in [5.74, 6) is -0.144. The highest BCUT2D eigenvalue weighted by Gasteiger charge is 2.01. The standard InChI is InChI=1S/C14H13F/c1-10-4-3-5-12(8-10)13-7-6-11(2)14(15)9-13/h3-9H,1-2H3. The normalized spacial score (nSPS) is 10.3. The Balaban J connectivity index is 2.50. The van der Waals surface area contributed by atoms with Gasteiger partial charge < -0.3 is 0 Å². The van der Waals surface area contributed by atoms with Crippen LogP contribution in [0.3, 0.4) is 0 Å². The molecule has 1 heteroatoms. The minimum atomic E-state index is -0.144. The molecule has 2 rings (SSSR count). The zero-order chi connectivity index (χ0) is 10.8. The van der Waals surface area contributed by atoms with Crippen LogP contribution in [0.1, 0.15) is 11.1 Å². The first-order valence-corrected chi connectivity index (χ1v) is 5.00. The Morgan fingerprint density at radius 3 is 2.27 bits per heavy atom. The lowest BCUT2D eigenvalue weighted by Gasteiger charge is -2.04. The van der Waals surface area contributed by atoms with Crippen molar-refractivity contribution in [1.29, 1.82) is 0 Å². The number of hydrogen-bond acceptors (Lipinski definition) is 0. The molecule has 0 bridgehead atoms. The van der Waals surface area contributed by atoms with Gasteiger partial charge in [-0.05, 0) is 36.6 Å². The molecule has 76 valence electrons. The van der Waals surface area contributed by atoms with E-state index in [4.69, 9.17) is 0 Å². The number of benzene rings is 2. The fourth-order valence-corrected chi connectivity index (χ4v) is 1.60. The maximum absolute atomic E-state index is 13.4. The second-order valence-electron chi connectivity index (χ2n) is 3.83. The van der Waals surface area contributed by atoms with Gasteiger partial charge in [-0.1, -0.05) is 42.0 Å². The van der Waals surface area contributed by atoms with E-state index in [2.05, 4.69) is 6.07 Å². The van der Waals surface area contributed by atoms with E-state index in [0.717, 1.165) is 11.1 Å². The minimum Gasteiger partial charge on any atom is -0.207 e. The topological polar surface area (TPSA) is 0 Å². The third kappa shape index (κ3) is 2.07. The molecule has 0 aliphatic carbocycles. The van der Waals surface area contributed by atoms with Gasteiger partial charge in [0.2, 0.25) is 0 Å². The van der Waals surface area contributed by atoms with E-state index in [9.17, 15) is 4.39 Å². The third-order valence-electron chi connectivity index (χ3n) is 2.52. The second kappa shape index (κ2) is 3.85. The van der Waals surface area contributed by atoms with Gasteiger partial charge in [-0.15, -0.1) is 0 Å². The van der Waals surface area contributed by atoms with Crippen LogP contribution in [0.15, 0.2) is 42.5 Å². The maximum atomic E-state index is 13.4. The SMILES string of the molecule is Cc1cccc(-c2ccc(C)c(F)c2)c1. The highest BCUT2D eigenvalue weighted by Crippen LogP contribution is 2.22. The van der Waals surface area contributed by atoms with Crippen LogP contribution in [0.2, 0.25) is 0 Å². The molecule has 0 spiro atoms. The van der Waals surface area contributed by atoms with Crippen LogP contribution in [-0.4, -0.2) is 0 Å². The number of rotatable bonds is 1. The van der Waals surface area contributed by atoms with Crippen LogP contribution in [0.25, 0.3) is 11.1 Å². The van der Waals surface area contributed by atoms with Crippen LogP contribution in [0.4, 0.5) is 4.39 Å². The molecular weight excluding hydrogens is 187 g/mol. The van der Waals surface area contributed by atoms with Gasteiger partial charge in [0.05, 0.1) is 0 Å². The first-order valence-electron chi connectivity index (χ1n) is 5.00. The van der Waals surface area contributed by atoms with Crippen LogP contribution in [0, 0.1) is 19.7 Å². The maximum Gasteiger partial charge on any atom is 0.126 e. The summed E-state index contributed by atoms with van der Waals surface area (Å²) in [7, 11) is 0. The van der Waals surface area contributed by atoms with Crippen LogP contribution in [-0.2, 0) is 0 Å². The van der Waals surface area contributed by atoms with Crippen molar-refractivity contribution in [3.8, 4) is 11.1 Å². The lowest BCUT2D eigenvalue weighted by Crippen LogP contribution is -1.84. The molecule has 0 atom stereocenters. The van der Waals surface area contributed by atoms with Crippen molar-refractivity contribution in [2.75, 3.05) is 0 Å². The summed E-state index contributed by atoms with van der Waals surface area (Å²) in [5.41, 5.74) is 3.87. The Kier molecular flexibility index (Phi) is 2.55. The van der Waals surface area contributed by atoms with Gasteiger partial charge in [-0.25, -0.2) is 4.39 Å². The monoisotopic (exact) mass is 200 g/mol. The van der Waals surface area contributed by atoms with Gasteiger partial charge in [-0.3, -0.25) is 0 Å². The van der Waals surface area contributed by atoms with Gasteiger partial charge in [0.15, 0.2) is 0 Å². The number of halogens is 1. The van der Waals surface area contributed by atoms with Crippen molar-refractivity contribution in [1.82, 2.24) is 0 Å². The lowest BCUT2D eigenvalue weighted by atomic mass is 10.0. The van der Waals surface area contributed by atoms with Crippen molar-refractivity contribution in [2.24, 2.45) is 0 Å². The molecule has 0 radical (unpaired) electrons. The zero-order valence-corrected chi connectivity index (χ0v) is 8.92. The summed E-state index contributed by atoms with van der Waals surface area (Å²) < 4.78 is 13.4. The molecule has 2 aromatic rings. The molecule has 0 aliphatic rings. The van der Waals surface area contributed by atoms with Crippen LogP contribution < -0.4 is 0 Å². The average Bonchev–Trinajstić information content (AvgIpc) is 2.22. The molecule has 0 N–H and O–H groups in total. The molecule has 0 aromatic heterocycles. The van der Waals surface area contributed by atoms with Crippen molar-refractivity contribution in [3.63, 3.8) is 0 Å². The summed E-state index contributed by atoms with van der Waals surface area (Å²) in [6, 6.07) is 13.4. The molecule has 0 saturated heterocycles. The van der Waals surface area contributed by atoms with Gasteiger partial charge >= 0.3 is 0 Å². The Bertz CT molecular complexity index is 486. The minimum absolute atomic E-state index is 0.144. The quantitative estimate of drug-likeness (QED) is 0.649. The molecular formula is C14H13F. The molecule has 0 unspecified atom stereocenters. The summed E-state index contributed by atoms with van der Waals surface area (Å²) >= 11 is 0. The van der Waals surface area contributed by atoms with Crippen molar-refractivity contribution < 1.29 is 4.39 Å². The van der Waals surface area contributed by atoms with E-state index in [0.29, 0.717) is 5.56 Å². The van der Waals surface area contributed by atoms with E-state index >= 15 is 0 Å². The molecule has 15 heavy (non-hydrogen) atoms. The van der Waals surface area contributed by atoms with E-state index < -0.39 is 0 Å². The van der Waals surface area contributed by atoms with Crippen molar-refractivity contribution in [3.05, 3.63) is 59.4 Å². The zero-order valence-electron chi connectivity index (χ0n) is 8.92. The van der Waals surface area contributed by atoms with E-state index in [1.54, 1.807) is 13.0 Å². The van der Waals surface area contributed by atoms with Gasteiger partial charge in [0, 0.05) is 0 Å². The number of aryl methyl sites for hydroxylation is 2. The summed E-state index contributed by atoms with van der Waals surface area (Å²) in [6.07, 6.45) is 0. The summed E-state index contributed by atoms with van der Waals surface area (Å²) in [4.78, 5) is 0. The Labute approximate surface area is 89.4 Å². The second-order valence-corrected chi connectivity index (χ2v) is 3.83. The van der Waals surface area contributed by atoms with E-state index in [1.165, 1.54) is 5.56 Å². The average molecular weight is 200 g/mol. The van der Waals surface area contributed by atoms with Gasteiger partial charge in [0.25, 0.3) is 0 Å². The van der Waals surface area contributed by atoms with E-state index in [-0.39, 0.29) is 5.82 Å². The predicted molar refractivity (Wildman–Crippen MR) is 61.3 cm³/mol. The first-order chi connectivity index (χ1) is 7.16. The fraction of sp³-hybridized carbons (Fsp3) is 0.143. The largest absolute Gasteiger partial charge is 0.207 e. The lowest BCUT2D eigenvalue weighted by molar-refractivity contribution is 0.619. The van der Waals surface area contributed by atoms with Gasteiger partial charge in [0.1, 0.15) is 5.82 Å². The molecule has 0 nitrogen and oxygen atoms in total. The highest BCUT2D eigenvalue weighted by molar-refractivity contribution is 5.64. The molecule has 0 saturated carbocycles. The Morgan fingerprint density at radius 2 is 1.60 bits per heavy atom. The molecule has 0 fully saturated rings. The molecule has 2 aromatic carbocycles. The van der Waals surface area contributed by atoms with Crippen LogP contribution in [0.5, 0.6) is 0 Å². The Hall–Kier alpha value is -1.63. The summed E-state index contributed by atoms with van der Waals surface area (Å²) in [6.45, 7) is 3.81. The molecule has 0 heterocycles. The Morgan fingerprint density at radius 1 is 0.867 bits per heavy atom. The first kappa shape index (κ1) is 9.91. The van der Waals surface area contributed by atoms with E-state index in [1.807, 2.05) is 37.3 Å². The van der Waals surface area contributed by atoms with Crippen molar-refractivity contribution >= 4 is 0 Å². The number of hydrogen-bond donors (Lipinski definition) is 0. The predicted octanol–water partition coefficient (Wildman–Crippen LogP) is 4.11. The molecule has 0 amide bonds. The van der Waals surface area contributed by atoms with Gasteiger partial charge in [-0.2, -0.15) is 0 Å². The summed E-state index contributed by atoms with van der Waals surface area (Å²) in [5, 5.41) is 0. The van der Waals surface area contributed by atoms with Crippen LogP contribution >= 0.6 is 0 Å².